The first-order valence-corrected chi connectivity index (χ1v) is 11.8. The molecule has 1 atom stereocenters. The summed E-state index contributed by atoms with van der Waals surface area (Å²) in [7, 11) is 0. The summed E-state index contributed by atoms with van der Waals surface area (Å²) in [5.74, 6) is -1.50. The second-order valence-electron chi connectivity index (χ2n) is 8.01. The molecule has 0 radical (unpaired) electrons. The van der Waals surface area contributed by atoms with Crippen LogP contribution < -0.4 is 10.6 Å². The molecule has 0 spiro atoms. The quantitative estimate of drug-likeness (QED) is 0.251. The molecule has 1 unspecified atom stereocenters. The molecular weight excluding hydrogens is 527 g/mol. The number of carbonyl (C=O) groups excluding carboxylic acids is 2. The van der Waals surface area contributed by atoms with Gasteiger partial charge in [0.2, 0.25) is 11.7 Å². The number of nitrogens with zero attached hydrogens (tertiary/aromatic N) is 7. The van der Waals surface area contributed by atoms with Crippen molar-refractivity contribution in [3.05, 3.63) is 101 Å². The van der Waals surface area contributed by atoms with Crippen LogP contribution in [0.25, 0.3) is 23.2 Å². The van der Waals surface area contributed by atoms with Crippen molar-refractivity contribution >= 4 is 35.2 Å². The lowest BCUT2D eigenvalue weighted by Crippen LogP contribution is -2.36. The lowest BCUT2D eigenvalue weighted by Gasteiger charge is -2.18. The van der Waals surface area contributed by atoms with Crippen LogP contribution in [0.15, 0.2) is 79.1 Å². The standard InChI is InChI=1S/C25H18ClFN10O2/c26-19-11-12-20(37-29-14-28-36-37)18(22(19)27)10-13-21(38)31-23(15-4-2-1-3-5-15)25(39)30-17-8-6-16(7-9-17)24-32-34-35-33-24/h1-14,23H,(H,30,39)(H,31,38)(H,32,33,34,35)/b13-10+. The summed E-state index contributed by atoms with van der Waals surface area (Å²) in [4.78, 5) is 27.3. The van der Waals surface area contributed by atoms with E-state index in [4.69, 9.17) is 11.6 Å². The van der Waals surface area contributed by atoms with Gasteiger partial charge in [0.05, 0.1) is 10.7 Å². The van der Waals surface area contributed by atoms with Crippen molar-refractivity contribution in [2.24, 2.45) is 0 Å². The number of benzene rings is 3. The Morgan fingerprint density at radius 1 is 1.05 bits per heavy atom. The van der Waals surface area contributed by atoms with Gasteiger partial charge in [0, 0.05) is 22.9 Å². The number of carbonyl (C=O) groups is 2. The van der Waals surface area contributed by atoms with Gasteiger partial charge in [-0.1, -0.05) is 41.9 Å². The highest BCUT2D eigenvalue weighted by atomic mass is 35.5. The van der Waals surface area contributed by atoms with Crippen LogP contribution in [0.1, 0.15) is 17.2 Å². The van der Waals surface area contributed by atoms with Crippen molar-refractivity contribution < 1.29 is 14.0 Å². The Morgan fingerprint density at radius 3 is 2.54 bits per heavy atom. The molecule has 2 aromatic heterocycles. The van der Waals surface area contributed by atoms with Crippen molar-refractivity contribution in [1.82, 2.24) is 46.1 Å². The fourth-order valence-corrected chi connectivity index (χ4v) is 3.83. The molecule has 194 valence electrons. The molecule has 3 N–H and O–H groups in total. The molecule has 5 aromatic rings. The third kappa shape index (κ3) is 5.83. The monoisotopic (exact) mass is 544 g/mol. The predicted molar refractivity (Wildman–Crippen MR) is 139 cm³/mol. The zero-order valence-corrected chi connectivity index (χ0v) is 20.6. The normalized spacial score (nSPS) is 11.8. The highest BCUT2D eigenvalue weighted by Gasteiger charge is 2.22. The molecule has 0 saturated carbocycles. The van der Waals surface area contributed by atoms with Crippen molar-refractivity contribution in [3.8, 4) is 17.1 Å². The molecule has 39 heavy (non-hydrogen) atoms. The van der Waals surface area contributed by atoms with Crippen LogP contribution in [0, 0.1) is 5.82 Å². The number of nitrogens with one attached hydrogen (secondary N) is 3. The number of anilines is 1. The van der Waals surface area contributed by atoms with E-state index in [0.29, 0.717) is 22.6 Å². The van der Waals surface area contributed by atoms with E-state index in [1.807, 2.05) is 0 Å². The number of H-pyrrole nitrogens is 1. The minimum atomic E-state index is -1.05. The molecule has 2 heterocycles. The van der Waals surface area contributed by atoms with Crippen LogP contribution in [0.2, 0.25) is 5.02 Å². The zero-order valence-electron chi connectivity index (χ0n) is 19.9. The van der Waals surface area contributed by atoms with Gasteiger partial charge in [-0.3, -0.25) is 9.59 Å². The molecule has 3 aromatic carbocycles. The van der Waals surface area contributed by atoms with Crippen molar-refractivity contribution in [2.75, 3.05) is 5.32 Å². The van der Waals surface area contributed by atoms with Gasteiger partial charge in [0.25, 0.3) is 5.91 Å². The maximum atomic E-state index is 14.8. The van der Waals surface area contributed by atoms with Crippen LogP contribution in [-0.2, 0) is 9.59 Å². The summed E-state index contributed by atoms with van der Waals surface area (Å²) in [6.07, 6.45) is 3.51. The lowest BCUT2D eigenvalue weighted by atomic mass is 10.1. The Morgan fingerprint density at radius 2 is 1.85 bits per heavy atom. The zero-order chi connectivity index (χ0) is 27.2. The Bertz CT molecular complexity index is 1610. The highest BCUT2D eigenvalue weighted by molar-refractivity contribution is 6.31. The summed E-state index contributed by atoms with van der Waals surface area (Å²) in [6.45, 7) is 0. The average Bonchev–Trinajstić information content (AvgIpc) is 3.69. The number of rotatable bonds is 8. The maximum Gasteiger partial charge on any atom is 0.251 e. The molecule has 14 heteroatoms. The summed E-state index contributed by atoms with van der Waals surface area (Å²) in [5.41, 5.74) is 1.93. The molecule has 0 fully saturated rings. The minimum absolute atomic E-state index is 0.0296. The molecule has 0 aliphatic carbocycles. The van der Waals surface area contributed by atoms with E-state index in [0.717, 1.165) is 10.9 Å². The number of halogens is 2. The summed E-state index contributed by atoms with van der Waals surface area (Å²) < 4.78 is 14.8. The van der Waals surface area contributed by atoms with Gasteiger partial charge in [0.1, 0.15) is 6.04 Å². The Labute approximate surface area is 224 Å². The number of tetrazole rings is 2. The Kier molecular flexibility index (Phi) is 7.41. The van der Waals surface area contributed by atoms with Crippen LogP contribution >= 0.6 is 11.6 Å². The number of amides is 2. The third-order valence-electron chi connectivity index (χ3n) is 5.51. The van der Waals surface area contributed by atoms with Crippen molar-refractivity contribution in [3.63, 3.8) is 0 Å². The first-order valence-electron chi connectivity index (χ1n) is 11.4. The third-order valence-corrected chi connectivity index (χ3v) is 5.81. The second kappa shape index (κ2) is 11.4. The number of aromatic nitrogens is 8. The number of aromatic amines is 1. The van der Waals surface area contributed by atoms with Gasteiger partial charge in [-0.2, -0.15) is 5.21 Å². The molecule has 12 nitrogen and oxygen atoms in total. The average molecular weight is 545 g/mol. The molecule has 0 aliphatic rings. The number of hydrogen-bond donors (Lipinski definition) is 3. The van der Waals surface area contributed by atoms with Crippen LogP contribution in [0.3, 0.4) is 0 Å². The first kappa shape index (κ1) is 25.4. The fourth-order valence-electron chi connectivity index (χ4n) is 3.66. The highest BCUT2D eigenvalue weighted by Crippen LogP contribution is 2.25. The van der Waals surface area contributed by atoms with E-state index >= 15 is 0 Å². The molecular formula is C25H18ClFN10O2. The van der Waals surface area contributed by atoms with E-state index in [-0.39, 0.29) is 16.3 Å². The van der Waals surface area contributed by atoms with Crippen LogP contribution in [0.4, 0.5) is 10.1 Å². The van der Waals surface area contributed by atoms with E-state index < -0.39 is 23.7 Å². The SMILES string of the molecule is O=C(/C=C/c1c(-n2ncnn2)ccc(Cl)c1F)NC(C(=O)Nc1ccc(-c2nn[nH]n2)cc1)c1ccccc1. The van der Waals surface area contributed by atoms with Crippen LogP contribution in [-0.4, -0.2) is 52.6 Å². The van der Waals surface area contributed by atoms with E-state index in [1.165, 1.54) is 24.5 Å². The van der Waals surface area contributed by atoms with E-state index in [9.17, 15) is 14.0 Å². The lowest BCUT2D eigenvalue weighted by molar-refractivity contribution is -0.123. The van der Waals surface area contributed by atoms with Crippen molar-refractivity contribution in [2.45, 2.75) is 6.04 Å². The molecule has 2 amide bonds. The van der Waals surface area contributed by atoms with Gasteiger partial charge in [0.15, 0.2) is 12.1 Å². The topological polar surface area (TPSA) is 156 Å². The number of hydrogen-bond acceptors (Lipinski definition) is 8. The largest absolute Gasteiger partial charge is 0.337 e. The first-order chi connectivity index (χ1) is 19.0. The Hall–Kier alpha value is -5.30. The van der Waals surface area contributed by atoms with Gasteiger partial charge in [-0.25, -0.2) is 4.39 Å². The summed E-state index contributed by atoms with van der Waals surface area (Å²) in [6, 6.07) is 17.3. The summed E-state index contributed by atoms with van der Waals surface area (Å²) in [5, 5.41) is 30.3. The van der Waals surface area contributed by atoms with Gasteiger partial charge in [-0.05, 0) is 58.5 Å². The van der Waals surface area contributed by atoms with Crippen molar-refractivity contribution in [1.29, 1.82) is 0 Å². The van der Waals surface area contributed by atoms with Gasteiger partial charge in [-0.15, -0.1) is 25.2 Å². The Balaban J connectivity index is 1.35. The molecule has 0 saturated heterocycles. The second-order valence-corrected chi connectivity index (χ2v) is 8.41. The van der Waals surface area contributed by atoms with Gasteiger partial charge < -0.3 is 10.6 Å². The molecule has 0 aliphatic heterocycles. The fraction of sp³-hybridized carbons (Fsp3) is 0.0400. The molecule has 0 bridgehead atoms. The predicted octanol–water partition coefficient (Wildman–Crippen LogP) is 3.14. The maximum absolute atomic E-state index is 14.8. The minimum Gasteiger partial charge on any atom is -0.337 e. The molecule has 5 rings (SSSR count). The smallest absolute Gasteiger partial charge is 0.251 e. The summed E-state index contributed by atoms with van der Waals surface area (Å²) >= 11 is 5.94. The van der Waals surface area contributed by atoms with Crippen LogP contribution in [0.5, 0.6) is 0 Å². The van der Waals surface area contributed by atoms with E-state index in [2.05, 4.69) is 46.7 Å². The van der Waals surface area contributed by atoms with Gasteiger partial charge >= 0.3 is 0 Å². The van der Waals surface area contributed by atoms with E-state index in [1.54, 1.807) is 54.6 Å².